The molecule has 4 rings (SSSR count). The number of Topliss-reactive ketones (excluding diaryl/α,β-unsaturated/α-hetero) is 1. The Morgan fingerprint density at radius 1 is 1.06 bits per heavy atom. The molecule has 33 heavy (non-hydrogen) atoms. The van der Waals surface area contributed by atoms with Crippen molar-refractivity contribution in [3.63, 3.8) is 0 Å². The second-order valence-electron chi connectivity index (χ2n) is 7.88. The van der Waals surface area contributed by atoms with Gasteiger partial charge in [0.05, 0.1) is 35.8 Å². The van der Waals surface area contributed by atoms with Gasteiger partial charge in [-0.3, -0.25) is 9.59 Å². The SMILES string of the molecule is COC(=O)c1ccc([C@H]2C(=C(O)c3ccc(Cl)cc3)C(=O)C(=O)N2[C@@H]2CCS(=O)(=O)C2)cc1. The summed E-state index contributed by atoms with van der Waals surface area (Å²) >= 11 is 5.92. The van der Waals surface area contributed by atoms with Gasteiger partial charge in [-0.15, -0.1) is 0 Å². The number of hydrogen-bond donors (Lipinski definition) is 1. The van der Waals surface area contributed by atoms with Gasteiger partial charge in [-0.25, -0.2) is 13.2 Å². The van der Waals surface area contributed by atoms with Gasteiger partial charge in [0, 0.05) is 16.6 Å². The maximum atomic E-state index is 13.1. The van der Waals surface area contributed by atoms with Gasteiger partial charge in [-0.05, 0) is 48.4 Å². The van der Waals surface area contributed by atoms with E-state index in [1.807, 2.05) is 0 Å². The van der Waals surface area contributed by atoms with Crippen molar-refractivity contribution in [3.05, 3.63) is 75.8 Å². The third kappa shape index (κ3) is 4.26. The summed E-state index contributed by atoms with van der Waals surface area (Å²) < 4.78 is 28.9. The Balaban J connectivity index is 1.86. The molecule has 2 aliphatic heterocycles. The fourth-order valence-electron chi connectivity index (χ4n) is 4.23. The second kappa shape index (κ2) is 8.64. The first-order chi connectivity index (χ1) is 15.6. The van der Waals surface area contributed by atoms with Crippen molar-refractivity contribution in [2.75, 3.05) is 18.6 Å². The Labute approximate surface area is 195 Å². The zero-order valence-corrected chi connectivity index (χ0v) is 19.1. The number of esters is 1. The summed E-state index contributed by atoms with van der Waals surface area (Å²) in [7, 11) is -2.11. The topological polar surface area (TPSA) is 118 Å². The van der Waals surface area contributed by atoms with Crippen LogP contribution in [-0.4, -0.2) is 60.7 Å². The predicted octanol–water partition coefficient (Wildman–Crippen LogP) is 2.74. The van der Waals surface area contributed by atoms with E-state index < -0.39 is 45.3 Å². The van der Waals surface area contributed by atoms with Crippen molar-refractivity contribution in [1.29, 1.82) is 0 Å². The van der Waals surface area contributed by atoms with E-state index in [-0.39, 0.29) is 34.6 Å². The van der Waals surface area contributed by atoms with Crippen molar-refractivity contribution in [2.24, 2.45) is 0 Å². The standard InChI is InChI=1S/C23H20ClNO7S/c1-32-23(29)15-4-2-13(3-5-15)19-18(20(26)14-6-8-16(24)9-7-14)21(27)22(28)25(19)17-10-11-33(30,31)12-17/h2-9,17,19,26H,10-12H2,1H3/t17-,19+/m1/s1. The maximum absolute atomic E-state index is 13.1. The summed E-state index contributed by atoms with van der Waals surface area (Å²) in [6.45, 7) is 0. The molecule has 0 unspecified atom stereocenters. The number of hydrogen-bond acceptors (Lipinski definition) is 7. The van der Waals surface area contributed by atoms with Gasteiger partial charge in [-0.2, -0.15) is 0 Å². The number of halogens is 1. The van der Waals surface area contributed by atoms with Crippen LogP contribution in [0.15, 0.2) is 54.1 Å². The minimum Gasteiger partial charge on any atom is -0.507 e. The summed E-state index contributed by atoms with van der Waals surface area (Å²) in [4.78, 5) is 39.2. The van der Waals surface area contributed by atoms with Crippen molar-refractivity contribution < 1.29 is 32.6 Å². The highest BCUT2D eigenvalue weighted by atomic mass is 35.5. The smallest absolute Gasteiger partial charge is 0.337 e. The Bertz CT molecular complexity index is 1270. The third-order valence-electron chi connectivity index (χ3n) is 5.85. The number of likely N-dealkylation sites (tertiary alicyclic amines) is 1. The van der Waals surface area contributed by atoms with Gasteiger partial charge in [0.15, 0.2) is 9.84 Å². The highest BCUT2D eigenvalue weighted by Crippen LogP contribution is 2.42. The van der Waals surface area contributed by atoms with Crippen LogP contribution in [-0.2, 0) is 24.2 Å². The number of ether oxygens (including phenoxy) is 1. The van der Waals surface area contributed by atoms with Crippen molar-refractivity contribution in [1.82, 2.24) is 4.90 Å². The van der Waals surface area contributed by atoms with E-state index >= 15 is 0 Å². The van der Waals surface area contributed by atoms with Gasteiger partial charge in [-0.1, -0.05) is 23.7 Å². The fraction of sp³-hybridized carbons (Fsp3) is 0.261. The molecule has 1 N–H and O–H groups in total. The molecule has 0 radical (unpaired) electrons. The lowest BCUT2D eigenvalue weighted by atomic mass is 9.94. The van der Waals surface area contributed by atoms with Gasteiger partial charge in [0.2, 0.25) is 0 Å². The van der Waals surface area contributed by atoms with Crippen LogP contribution in [0.4, 0.5) is 0 Å². The van der Waals surface area contributed by atoms with Crippen LogP contribution in [0.3, 0.4) is 0 Å². The van der Waals surface area contributed by atoms with Crippen LogP contribution >= 0.6 is 11.6 Å². The molecule has 0 spiro atoms. The lowest BCUT2D eigenvalue weighted by Gasteiger charge is -2.30. The highest BCUT2D eigenvalue weighted by molar-refractivity contribution is 7.91. The average Bonchev–Trinajstić information content (AvgIpc) is 3.29. The van der Waals surface area contributed by atoms with Crippen LogP contribution < -0.4 is 0 Å². The van der Waals surface area contributed by atoms with Crippen LogP contribution in [0, 0.1) is 0 Å². The normalized spacial score (nSPS) is 23.6. The van der Waals surface area contributed by atoms with Crippen LogP contribution in [0.1, 0.15) is 33.9 Å². The number of ketones is 1. The van der Waals surface area contributed by atoms with E-state index in [1.165, 1.54) is 48.4 Å². The second-order valence-corrected chi connectivity index (χ2v) is 10.5. The molecule has 2 fully saturated rings. The number of carbonyl (C=O) groups excluding carboxylic acids is 3. The van der Waals surface area contributed by atoms with E-state index in [2.05, 4.69) is 0 Å². The van der Waals surface area contributed by atoms with E-state index in [1.54, 1.807) is 12.1 Å². The minimum absolute atomic E-state index is 0.0914. The molecule has 172 valence electrons. The first-order valence-corrected chi connectivity index (χ1v) is 12.3. The van der Waals surface area contributed by atoms with E-state index in [9.17, 15) is 27.9 Å². The molecule has 2 aromatic carbocycles. The number of aliphatic hydroxyl groups excluding tert-OH is 1. The number of benzene rings is 2. The Morgan fingerprint density at radius 2 is 1.67 bits per heavy atom. The number of methoxy groups -OCH3 is 1. The largest absolute Gasteiger partial charge is 0.507 e. The summed E-state index contributed by atoms with van der Waals surface area (Å²) in [5.74, 6) is -3.10. The molecule has 2 atom stereocenters. The summed E-state index contributed by atoms with van der Waals surface area (Å²) in [6, 6.07) is 10.4. The van der Waals surface area contributed by atoms with E-state index in [0.717, 1.165) is 0 Å². The van der Waals surface area contributed by atoms with Crippen LogP contribution in [0.5, 0.6) is 0 Å². The first kappa shape index (κ1) is 23.0. The molecule has 1 amide bonds. The molecule has 8 nitrogen and oxygen atoms in total. The maximum Gasteiger partial charge on any atom is 0.337 e. The fourth-order valence-corrected chi connectivity index (χ4v) is 6.07. The molecule has 0 saturated carbocycles. The number of rotatable bonds is 4. The molecule has 0 bridgehead atoms. The predicted molar refractivity (Wildman–Crippen MR) is 120 cm³/mol. The first-order valence-electron chi connectivity index (χ1n) is 10.1. The van der Waals surface area contributed by atoms with E-state index in [0.29, 0.717) is 10.6 Å². The molecule has 2 aliphatic rings. The highest BCUT2D eigenvalue weighted by Gasteiger charge is 2.50. The molecule has 2 aromatic rings. The zero-order chi connectivity index (χ0) is 23.9. The zero-order valence-electron chi connectivity index (χ0n) is 17.5. The number of sulfone groups is 1. The number of nitrogens with zero attached hydrogens (tertiary/aromatic N) is 1. The summed E-state index contributed by atoms with van der Waals surface area (Å²) in [5, 5.41) is 11.4. The number of carbonyl (C=O) groups is 3. The molecule has 2 heterocycles. The number of amides is 1. The van der Waals surface area contributed by atoms with E-state index in [4.69, 9.17) is 16.3 Å². The minimum atomic E-state index is -3.36. The third-order valence-corrected chi connectivity index (χ3v) is 7.85. The quantitative estimate of drug-likeness (QED) is 0.303. The van der Waals surface area contributed by atoms with Crippen LogP contribution in [0.2, 0.25) is 5.02 Å². The van der Waals surface area contributed by atoms with Gasteiger partial charge in [0.1, 0.15) is 5.76 Å². The number of aliphatic hydroxyl groups is 1. The van der Waals surface area contributed by atoms with Crippen LogP contribution in [0.25, 0.3) is 5.76 Å². The summed E-state index contributed by atoms with van der Waals surface area (Å²) in [5.41, 5.74) is 0.839. The van der Waals surface area contributed by atoms with Gasteiger partial charge < -0.3 is 14.7 Å². The molecule has 2 saturated heterocycles. The molecule has 0 aliphatic carbocycles. The molecule has 10 heteroatoms. The lowest BCUT2D eigenvalue weighted by Crippen LogP contribution is -2.40. The monoisotopic (exact) mass is 489 g/mol. The molecule has 0 aromatic heterocycles. The summed E-state index contributed by atoms with van der Waals surface area (Å²) in [6.07, 6.45) is 0.188. The van der Waals surface area contributed by atoms with Gasteiger partial charge in [0.25, 0.3) is 11.7 Å². The van der Waals surface area contributed by atoms with Crippen molar-refractivity contribution in [3.8, 4) is 0 Å². The molecular formula is C23H20ClNO7S. The Hall–Kier alpha value is -3.17. The van der Waals surface area contributed by atoms with Crippen molar-refractivity contribution in [2.45, 2.75) is 18.5 Å². The van der Waals surface area contributed by atoms with Gasteiger partial charge >= 0.3 is 5.97 Å². The molecular weight excluding hydrogens is 470 g/mol. The Morgan fingerprint density at radius 3 is 2.21 bits per heavy atom. The van der Waals surface area contributed by atoms with Crippen molar-refractivity contribution >= 4 is 44.9 Å². The Kier molecular flexibility index (Phi) is 6.02. The average molecular weight is 490 g/mol. The lowest BCUT2D eigenvalue weighted by molar-refractivity contribution is -0.141.